The molecule has 0 fully saturated rings. The summed E-state index contributed by atoms with van der Waals surface area (Å²) in [5.41, 5.74) is -0.369. The van der Waals surface area contributed by atoms with E-state index in [2.05, 4.69) is 0 Å². The van der Waals surface area contributed by atoms with E-state index < -0.39 is 11.6 Å². The molecule has 0 aliphatic heterocycles. The molecule has 0 radical (unpaired) electrons. The van der Waals surface area contributed by atoms with Crippen molar-refractivity contribution in [3.05, 3.63) is 46.0 Å². The minimum absolute atomic E-state index is 0.0264. The molecule has 1 aliphatic rings. The Morgan fingerprint density at radius 1 is 0.909 bits per heavy atom. The Morgan fingerprint density at radius 2 is 1.59 bits per heavy atom. The van der Waals surface area contributed by atoms with Gasteiger partial charge in [0.1, 0.15) is 23.0 Å². The lowest BCUT2D eigenvalue weighted by atomic mass is 9.81. The summed E-state index contributed by atoms with van der Waals surface area (Å²) in [7, 11) is 1.30. The van der Waals surface area contributed by atoms with Gasteiger partial charge in [-0.3, -0.25) is 9.59 Å². The van der Waals surface area contributed by atoms with Gasteiger partial charge < -0.3 is 20.1 Å². The van der Waals surface area contributed by atoms with Gasteiger partial charge >= 0.3 is 0 Å². The highest BCUT2D eigenvalue weighted by Crippen LogP contribution is 2.43. The van der Waals surface area contributed by atoms with Crippen LogP contribution in [0.3, 0.4) is 0 Å². The van der Waals surface area contributed by atoms with Gasteiger partial charge in [-0.05, 0) is 24.6 Å². The highest BCUT2D eigenvalue weighted by atomic mass is 16.5. The first kappa shape index (κ1) is 13.9. The quantitative estimate of drug-likeness (QED) is 0.593. The second-order valence-electron chi connectivity index (χ2n) is 5.04. The molecule has 112 valence electrons. The van der Waals surface area contributed by atoms with Crippen LogP contribution in [0.4, 0.5) is 0 Å². The van der Waals surface area contributed by atoms with Gasteiger partial charge in [-0.1, -0.05) is 0 Å². The van der Waals surface area contributed by atoms with Crippen molar-refractivity contribution < 1.29 is 29.6 Å². The van der Waals surface area contributed by atoms with Crippen LogP contribution in [-0.2, 0) is 0 Å². The molecule has 0 unspecified atom stereocenters. The van der Waals surface area contributed by atoms with Crippen LogP contribution in [0.25, 0.3) is 0 Å². The summed E-state index contributed by atoms with van der Waals surface area (Å²) in [6.07, 6.45) is 0. The van der Waals surface area contributed by atoms with E-state index in [-0.39, 0.29) is 50.8 Å². The molecule has 6 nitrogen and oxygen atoms in total. The van der Waals surface area contributed by atoms with E-state index >= 15 is 0 Å². The third-order valence-corrected chi connectivity index (χ3v) is 3.70. The molecule has 0 saturated carbocycles. The minimum Gasteiger partial charge on any atom is -0.508 e. The molecule has 0 saturated heterocycles. The summed E-state index contributed by atoms with van der Waals surface area (Å²) in [5.74, 6) is -2.26. The van der Waals surface area contributed by atoms with Crippen LogP contribution in [0.2, 0.25) is 0 Å². The summed E-state index contributed by atoms with van der Waals surface area (Å²) in [6.45, 7) is 1.51. The fraction of sp³-hybridized carbons (Fsp3) is 0.125. The van der Waals surface area contributed by atoms with E-state index in [0.717, 1.165) is 6.07 Å². The Hall–Kier alpha value is -3.02. The Morgan fingerprint density at radius 3 is 2.23 bits per heavy atom. The van der Waals surface area contributed by atoms with E-state index in [1.165, 1.54) is 26.2 Å². The molecule has 0 amide bonds. The Balaban J connectivity index is 2.43. The zero-order valence-corrected chi connectivity index (χ0v) is 11.8. The van der Waals surface area contributed by atoms with E-state index in [0.29, 0.717) is 0 Å². The van der Waals surface area contributed by atoms with Crippen LogP contribution < -0.4 is 4.74 Å². The van der Waals surface area contributed by atoms with E-state index in [1.54, 1.807) is 0 Å². The zero-order chi connectivity index (χ0) is 16.2. The van der Waals surface area contributed by atoms with Crippen molar-refractivity contribution in [1.29, 1.82) is 0 Å². The smallest absolute Gasteiger partial charge is 0.202 e. The molecule has 1 aliphatic carbocycles. The number of phenols is 3. The molecule has 0 heterocycles. The van der Waals surface area contributed by atoms with Crippen LogP contribution in [0.15, 0.2) is 18.2 Å². The van der Waals surface area contributed by atoms with Crippen LogP contribution in [0.5, 0.6) is 23.0 Å². The molecule has 3 rings (SSSR count). The first-order valence-electron chi connectivity index (χ1n) is 6.42. The topological polar surface area (TPSA) is 104 Å². The first-order chi connectivity index (χ1) is 10.4. The zero-order valence-electron chi connectivity index (χ0n) is 11.8. The van der Waals surface area contributed by atoms with Gasteiger partial charge in [0.05, 0.1) is 23.8 Å². The fourth-order valence-electron chi connectivity index (χ4n) is 2.68. The monoisotopic (exact) mass is 300 g/mol. The van der Waals surface area contributed by atoms with Gasteiger partial charge in [-0.15, -0.1) is 0 Å². The van der Waals surface area contributed by atoms with E-state index in [9.17, 15) is 24.9 Å². The second-order valence-corrected chi connectivity index (χ2v) is 5.04. The van der Waals surface area contributed by atoms with Crippen molar-refractivity contribution in [2.45, 2.75) is 6.92 Å². The van der Waals surface area contributed by atoms with E-state index in [4.69, 9.17) is 4.74 Å². The number of benzene rings is 2. The van der Waals surface area contributed by atoms with Crippen molar-refractivity contribution in [3.8, 4) is 23.0 Å². The second kappa shape index (κ2) is 4.49. The molecule has 2 aromatic carbocycles. The summed E-state index contributed by atoms with van der Waals surface area (Å²) in [6, 6.07) is 3.57. The maximum absolute atomic E-state index is 12.6. The van der Waals surface area contributed by atoms with Crippen molar-refractivity contribution >= 4 is 11.6 Å². The summed E-state index contributed by atoms with van der Waals surface area (Å²) >= 11 is 0. The highest BCUT2D eigenvalue weighted by molar-refractivity contribution is 6.31. The number of aryl methyl sites for hydroxylation is 1. The summed E-state index contributed by atoms with van der Waals surface area (Å²) in [4.78, 5) is 25.3. The molecule has 0 bridgehead atoms. The number of hydrogen-bond donors (Lipinski definition) is 3. The maximum atomic E-state index is 12.6. The summed E-state index contributed by atoms with van der Waals surface area (Å²) < 4.78 is 5.04. The molecule has 3 N–H and O–H groups in total. The first-order valence-corrected chi connectivity index (χ1v) is 6.42. The minimum atomic E-state index is -0.657. The van der Waals surface area contributed by atoms with Gasteiger partial charge in [0.2, 0.25) is 5.78 Å². The molecule has 0 spiro atoms. The standard InChI is InChI=1S/C16H12O6/c1-6-3-9(18)12-13(14(6)19)15(20)8-4-7(17)5-10(22-2)11(8)16(12)21/h3-5,17-19H,1-2H3. The van der Waals surface area contributed by atoms with Gasteiger partial charge in [-0.2, -0.15) is 0 Å². The third kappa shape index (κ3) is 1.67. The lowest BCUT2D eigenvalue weighted by Gasteiger charge is -2.22. The van der Waals surface area contributed by atoms with Gasteiger partial charge in [0.25, 0.3) is 0 Å². The number of ether oxygens (including phenoxy) is 1. The number of methoxy groups -OCH3 is 1. The Labute approximate surface area is 125 Å². The average Bonchev–Trinajstić information content (AvgIpc) is 2.47. The average molecular weight is 300 g/mol. The van der Waals surface area contributed by atoms with Gasteiger partial charge in [-0.25, -0.2) is 0 Å². The van der Waals surface area contributed by atoms with Crippen LogP contribution >= 0.6 is 0 Å². The highest BCUT2D eigenvalue weighted by Gasteiger charge is 2.37. The number of ketones is 2. The molecule has 0 atom stereocenters. The lowest BCUT2D eigenvalue weighted by Crippen LogP contribution is -2.22. The van der Waals surface area contributed by atoms with Crippen LogP contribution in [0, 0.1) is 6.92 Å². The van der Waals surface area contributed by atoms with Gasteiger partial charge in [0.15, 0.2) is 5.78 Å². The predicted octanol–water partition coefficient (Wildman–Crippen LogP) is 1.90. The Bertz CT molecular complexity index is 850. The molecular formula is C16H12O6. The normalized spacial score (nSPS) is 12.8. The number of fused-ring (bicyclic) bond motifs is 2. The van der Waals surface area contributed by atoms with Crippen LogP contribution in [0.1, 0.15) is 37.4 Å². The number of rotatable bonds is 1. The largest absolute Gasteiger partial charge is 0.508 e. The third-order valence-electron chi connectivity index (χ3n) is 3.70. The maximum Gasteiger partial charge on any atom is 0.202 e. The number of carbonyl (C=O) groups is 2. The van der Waals surface area contributed by atoms with Crippen LogP contribution in [-0.4, -0.2) is 34.0 Å². The van der Waals surface area contributed by atoms with Gasteiger partial charge in [0, 0.05) is 11.6 Å². The molecular weight excluding hydrogens is 288 g/mol. The Kier molecular flexibility index (Phi) is 2.84. The molecule has 22 heavy (non-hydrogen) atoms. The molecule has 0 aromatic heterocycles. The van der Waals surface area contributed by atoms with E-state index in [1.807, 2.05) is 0 Å². The number of aromatic hydroxyl groups is 3. The lowest BCUT2D eigenvalue weighted by molar-refractivity contribution is 0.0971. The van der Waals surface area contributed by atoms with Crippen molar-refractivity contribution in [2.75, 3.05) is 7.11 Å². The predicted molar refractivity (Wildman–Crippen MR) is 76.0 cm³/mol. The number of hydrogen-bond acceptors (Lipinski definition) is 6. The molecule has 6 heteroatoms. The fourth-order valence-corrected chi connectivity index (χ4v) is 2.68. The SMILES string of the molecule is COc1cc(O)cc2c1C(=O)c1c(O)cc(C)c(O)c1C2=O. The molecule has 2 aromatic rings. The number of phenolic OH excluding ortho intramolecular Hbond substituents is 3. The number of carbonyl (C=O) groups excluding carboxylic acids is 2. The van der Waals surface area contributed by atoms with Crippen molar-refractivity contribution in [1.82, 2.24) is 0 Å². The summed E-state index contributed by atoms with van der Waals surface area (Å²) in [5, 5.41) is 29.8. The van der Waals surface area contributed by atoms with Crippen molar-refractivity contribution in [2.24, 2.45) is 0 Å². The van der Waals surface area contributed by atoms with Crippen molar-refractivity contribution in [3.63, 3.8) is 0 Å².